The minimum absolute atomic E-state index is 0. The van der Waals surface area contributed by atoms with E-state index in [1.165, 1.54) is 11.3 Å². The molecule has 15 heavy (non-hydrogen) atoms. The molecule has 0 aliphatic rings. The molecule has 0 atom stereocenters. The fourth-order valence-electron chi connectivity index (χ4n) is 1.16. The van der Waals surface area contributed by atoms with Gasteiger partial charge in [-0.25, -0.2) is 0 Å². The van der Waals surface area contributed by atoms with Crippen molar-refractivity contribution in [1.82, 2.24) is 5.32 Å². The van der Waals surface area contributed by atoms with E-state index in [2.05, 4.69) is 5.32 Å². The number of halogens is 1. The second kappa shape index (κ2) is 7.68. The lowest BCUT2D eigenvalue weighted by molar-refractivity contribution is 0.0956. The zero-order valence-electron chi connectivity index (χ0n) is 8.79. The molecule has 0 spiro atoms. The van der Waals surface area contributed by atoms with Crippen molar-refractivity contribution >= 4 is 29.7 Å². The molecule has 0 saturated heterocycles. The zero-order chi connectivity index (χ0) is 10.4. The number of thiophene rings is 1. The van der Waals surface area contributed by atoms with Crippen molar-refractivity contribution in [2.45, 2.75) is 19.8 Å². The van der Waals surface area contributed by atoms with Crippen LogP contribution < -0.4 is 11.1 Å². The Morgan fingerprint density at radius 3 is 2.80 bits per heavy atom. The predicted molar refractivity (Wildman–Crippen MR) is 66.9 cm³/mol. The highest BCUT2D eigenvalue weighted by Gasteiger charge is 2.08. The van der Waals surface area contributed by atoms with Crippen molar-refractivity contribution in [3.05, 3.63) is 21.9 Å². The van der Waals surface area contributed by atoms with Crippen LogP contribution in [-0.2, 0) is 0 Å². The van der Waals surface area contributed by atoms with Crippen molar-refractivity contribution < 1.29 is 4.79 Å². The van der Waals surface area contributed by atoms with Crippen LogP contribution in [0.3, 0.4) is 0 Å². The Balaban J connectivity index is 0.00000196. The first kappa shape index (κ1) is 14.4. The van der Waals surface area contributed by atoms with Crippen LogP contribution in [0.15, 0.2) is 11.4 Å². The molecule has 0 aromatic carbocycles. The molecular formula is C10H17ClN2OS. The average molecular weight is 249 g/mol. The van der Waals surface area contributed by atoms with Gasteiger partial charge in [0.1, 0.15) is 0 Å². The van der Waals surface area contributed by atoms with E-state index in [4.69, 9.17) is 5.73 Å². The lowest BCUT2D eigenvalue weighted by Crippen LogP contribution is -2.24. The van der Waals surface area contributed by atoms with Crippen molar-refractivity contribution in [2.75, 3.05) is 13.1 Å². The standard InChI is InChI=1S/C10H16N2OS.ClH/c1-8-4-7-14-9(8)10(13)12-6-3-2-5-11;/h4,7H,2-3,5-6,11H2,1H3,(H,12,13);1H. The summed E-state index contributed by atoms with van der Waals surface area (Å²) in [5.74, 6) is 0.0366. The fraction of sp³-hybridized carbons (Fsp3) is 0.500. The summed E-state index contributed by atoms with van der Waals surface area (Å²) in [6.45, 7) is 3.35. The molecule has 0 aliphatic heterocycles. The summed E-state index contributed by atoms with van der Waals surface area (Å²) in [5, 5.41) is 4.81. The Morgan fingerprint density at radius 1 is 1.53 bits per heavy atom. The molecule has 0 unspecified atom stereocenters. The summed E-state index contributed by atoms with van der Waals surface area (Å²) in [5.41, 5.74) is 6.40. The SMILES string of the molecule is Cc1ccsc1C(=O)NCCCCN.Cl. The van der Waals surface area contributed by atoms with Gasteiger partial charge in [0.2, 0.25) is 0 Å². The number of nitrogens with one attached hydrogen (secondary N) is 1. The molecule has 0 bridgehead atoms. The van der Waals surface area contributed by atoms with E-state index in [1.54, 1.807) is 0 Å². The van der Waals surface area contributed by atoms with Crippen LogP contribution in [0.5, 0.6) is 0 Å². The smallest absolute Gasteiger partial charge is 0.261 e. The van der Waals surface area contributed by atoms with Gasteiger partial charge >= 0.3 is 0 Å². The third-order valence-corrected chi connectivity index (χ3v) is 3.00. The van der Waals surface area contributed by atoms with Crippen molar-refractivity contribution in [1.29, 1.82) is 0 Å². The van der Waals surface area contributed by atoms with Gasteiger partial charge in [0.25, 0.3) is 5.91 Å². The number of unbranched alkanes of at least 4 members (excludes halogenated alkanes) is 1. The lowest BCUT2D eigenvalue weighted by Gasteiger charge is -2.03. The van der Waals surface area contributed by atoms with Crippen LogP contribution in [0.1, 0.15) is 28.1 Å². The number of hydrogen-bond donors (Lipinski definition) is 2. The van der Waals surface area contributed by atoms with Crippen molar-refractivity contribution in [3.63, 3.8) is 0 Å². The average Bonchev–Trinajstić information content (AvgIpc) is 2.59. The summed E-state index contributed by atoms with van der Waals surface area (Å²) in [6.07, 6.45) is 1.91. The Morgan fingerprint density at radius 2 is 2.27 bits per heavy atom. The maximum absolute atomic E-state index is 11.6. The van der Waals surface area contributed by atoms with E-state index in [0.29, 0.717) is 13.1 Å². The van der Waals surface area contributed by atoms with E-state index >= 15 is 0 Å². The molecule has 0 radical (unpaired) electrons. The third kappa shape index (κ3) is 4.64. The van der Waals surface area contributed by atoms with Gasteiger partial charge in [-0.3, -0.25) is 4.79 Å². The van der Waals surface area contributed by atoms with Gasteiger partial charge < -0.3 is 11.1 Å². The van der Waals surface area contributed by atoms with E-state index in [-0.39, 0.29) is 18.3 Å². The molecule has 1 aromatic heterocycles. The van der Waals surface area contributed by atoms with Gasteiger partial charge in [0.05, 0.1) is 4.88 Å². The van der Waals surface area contributed by atoms with Crippen molar-refractivity contribution in [3.8, 4) is 0 Å². The first-order valence-corrected chi connectivity index (χ1v) is 5.66. The molecule has 3 nitrogen and oxygen atoms in total. The maximum Gasteiger partial charge on any atom is 0.261 e. The van der Waals surface area contributed by atoms with Crippen LogP contribution >= 0.6 is 23.7 Å². The second-order valence-electron chi connectivity index (χ2n) is 3.18. The fourth-order valence-corrected chi connectivity index (χ4v) is 2.00. The minimum atomic E-state index is 0. The van der Waals surface area contributed by atoms with E-state index in [1.807, 2.05) is 18.4 Å². The van der Waals surface area contributed by atoms with Crippen molar-refractivity contribution in [2.24, 2.45) is 5.73 Å². The Kier molecular flexibility index (Phi) is 7.38. The van der Waals surface area contributed by atoms with E-state index in [0.717, 1.165) is 23.3 Å². The van der Waals surface area contributed by atoms with E-state index < -0.39 is 0 Å². The van der Waals surface area contributed by atoms with Crippen LogP contribution in [0.2, 0.25) is 0 Å². The highest BCUT2D eigenvalue weighted by molar-refractivity contribution is 7.12. The second-order valence-corrected chi connectivity index (χ2v) is 4.10. The molecule has 5 heteroatoms. The highest BCUT2D eigenvalue weighted by Crippen LogP contribution is 2.14. The minimum Gasteiger partial charge on any atom is -0.351 e. The number of aryl methyl sites for hydroxylation is 1. The molecular weight excluding hydrogens is 232 g/mol. The van der Waals surface area contributed by atoms with Gasteiger partial charge in [-0.05, 0) is 43.3 Å². The van der Waals surface area contributed by atoms with Crippen LogP contribution in [0, 0.1) is 6.92 Å². The summed E-state index contributed by atoms with van der Waals surface area (Å²) in [7, 11) is 0. The molecule has 3 N–H and O–H groups in total. The summed E-state index contributed by atoms with van der Waals surface area (Å²) >= 11 is 1.48. The summed E-state index contributed by atoms with van der Waals surface area (Å²) in [6, 6.07) is 1.96. The first-order valence-electron chi connectivity index (χ1n) is 4.78. The number of nitrogens with two attached hydrogens (primary N) is 1. The summed E-state index contributed by atoms with van der Waals surface area (Å²) in [4.78, 5) is 12.4. The Labute approximate surface area is 100 Å². The molecule has 0 aliphatic carbocycles. The Hall–Kier alpha value is -0.580. The molecule has 1 aromatic rings. The molecule has 1 amide bonds. The Bertz CT molecular complexity index is 301. The monoisotopic (exact) mass is 248 g/mol. The number of carbonyl (C=O) groups is 1. The molecule has 86 valence electrons. The van der Waals surface area contributed by atoms with Gasteiger partial charge in [-0.2, -0.15) is 0 Å². The van der Waals surface area contributed by atoms with Crippen LogP contribution in [-0.4, -0.2) is 19.0 Å². The maximum atomic E-state index is 11.6. The molecule has 1 heterocycles. The molecule has 1 rings (SSSR count). The van der Waals surface area contributed by atoms with Gasteiger partial charge in [0.15, 0.2) is 0 Å². The van der Waals surface area contributed by atoms with Crippen LogP contribution in [0.25, 0.3) is 0 Å². The normalized spacial score (nSPS) is 9.47. The largest absolute Gasteiger partial charge is 0.351 e. The summed E-state index contributed by atoms with van der Waals surface area (Å²) < 4.78 is 0. The number of rotatable bonds is 5. The predicted octanol–water partition coefficient (Wildman–Crippen LogP) is 1.95. The van der Waals surface area contributed by atoms with Crippen LogP contribution in [0.4, 0.5) is 0 Å². The zero-order valence-corrected chi connectivity index (χ0v) is 10.4. The third-order valence-electron chi connectivity index (χ3n) is 1.98. The lowest BCUT2D eigenvalue weighted by atomic mass is 10.2. The quantitative estimate of drug-likeness (QED) is 0.783. The van der Waals surface area contributed by atoms with Gasteiger partial charge in [-0.1, -0.05) is 0 Å². The van der Waals surface area contributed by atoms with Gasteiger partial charge in [0, 0.05) is 6.54 Å². The first-order chi connectivity index (χ1) is 6.75. The highest BCUT2D eigenvalue weighted by atomic mass is 35.5. The molecule has 0 saturated carbocycles. The topological polar surface area (TPSA) is 55.1 Å². The number of hydrogen-bond acceptors (Lipinski definition) is 3. The molecule has 0 fully saturated rings. The van der Waals surface area contributed by atoms with E-state index in [9.17, 15) is 4.79 Å². The van der Waals surface area contributed by atoms with Gasteiger partial charge in [-0.15, -0.1) is 23.7 Å². The number of amides is 1. The number of carbonyl (C=O) groups excluding carboxylic acids is 1.